The molecule has 3 rings (SSSR count). The van der Waals surface area contributed by atoms with E-state index in [1.807, 2.05) is 13.0 Å². The Bertz CT molecular complexity index is 962. The summed E-state index contributed by atoms with van der Waals surface area (Å²) in [6.45, 7) is 4.44. The third-order valence-corrected chi connectivity index (χ3v) is 4.81. The van der Waals surface area contributed by atoms with Crippen molar-refractivity contribution in [2.24, 2.45) is 0 Å². The lowest BCUT2D eigenvalue weighted by Crippen LogP contribution is -2.45. The molecule has 0 fully saturated rings. The summed E-state index contributed by atoms with van der Waals surface area (Å²) in [6, 6.07) is 14.3. The van der Waals surface area contributed by atoms with Gasteiger partial charge in [-0.1, -0.05) is 12.1 Å². The second kappa shape index (κ2) is 11.8. The van der Waals surface area contributed by atoms with E-state index in [9.17, 15) is 14.4 Å². The van der Waals surface area contributed by atoms with E-state index in [4.69, 9.17) is 18.9 Å². The molecule has 1 unspecified atom stereocenters. The minimum atomic E-state index is -0.633. The summed E-state index contributed by atoms with van der Waals surface area (Å²) in [5, 5.41) is 2.62. The number of nitrogens with zero attached hydrogens (tertiary/aromatic N) is 1. The molecule has 1 aliphatic rings. The van der Waals surface area contributed by atoms with Crippen molar-refractivity contribution < 1.29 is 33.3 Å². The van der Waals surface area contributed by atoms with E-state index in [0.717, 1.165) is 5.75 Å². The molecule has 0 radical (unpaired) electrons. The summed E-state index contributed by atoms with van der Waals surface area (Å²) in [5.74, 6) is 0.779. The summed E-state index contributed by atoms with van der Waals surface area (Å²) in [4.78, 5) is 37.9. The van der Waals surface area contributed by atoms with Gasteiger partial charge in [-0.3, -0.25) is 14.4 Å². The topological polar surface area (TPSA) is 103 Å². The van der Waals surface area contributed by atoms with E-state index < -0.39 is 24.6 Å². The number of esters is 1. The van der Waals surface area contributed by atoms with Crippen molar-refractivity contribution in [3.05, 3.63) is 48.5 Å². The molecule has 0 bridgehead atoms. The van der Waals surface area contributed by atoms with Crippen molar-refractivity contribution in [1.82, 2.24) is 5.32 Å². The minimum Gasteiger partial charge on any atom is -0.494 e. The van der Waals surface area contributed by atoms with Crippen LogP contribution in [0, 0.1) is 0 Å². The number of nitrogens with one attached hydrogen (secondary N) is 1. The number of benzene rings is 2. The monoisotopic (exact) mass is 456 g/mol. The summed E-state index contributed by atoms with van der Waals surface area (Å²) >= 11 is 0. The summed E-state index contributed by atoms with van der Waals surface area (Å²) in [5.41, 5.74) is 0.610. The van der Waals surface area contributed by atoms with Crippen LogP contribution in [-0.2, 0) is 19.1 Å². The fourth-order valence-electron chi connectivity index (χ4n) is 3.22. The average Bonchev–Trinajstić information content (AvgIpc) is 2.82. The molecule has 9 nitrogen and oxygen atoms in total. The molecular formula is C24H28N2O7. The Morgan fingerprint density at radius 1 is 1.06 bits per heavy atom. The summed E-state index contributed by atoms with van der Waals surface area (Å²) < 4.78 is 21.5. The van der Waals surface area contributed by atoms with Crippen LogP contribution >= 0.6 is 0 Å². The SMILES string of the molecule is CCOc1ccc(OCCNC(=O)COC(=O)CCN2C(=O)C(C)Oc3ccccc32)cc1. The number of hydrogen-bond donors (Lipinski definition) is 1. The predicted octanol–water partition coefficient (Wildman–Crippen LogP) is 2.33. The molecule has 0 saturated carbocycles. The Morgan fingerprint density at radius 2 is 1.76 bits per heavy atom. The maximum absolute atomic E-state index is 12.4. The molecule has 176 valence electrons. The van der Waals surface area contributed by atoms with Gasteiger partial charge in [-0.05, 0) is 50.2 Å². The summed E-state index contributed by atoms with van der Waals surface area (Å²) in [7, 11) is 0. The van der Waals surface area contributed by atoms with Gasteiger partial charge in [-0.25, -0.2) is 0 Å². The van der Waals surface area contributed by atoms with Crippen LogP contribution < -0.4 is 24.4 Å². The Hall–Kier alpha value is -3.75. The highest BCUT2D eigenvalue weighted by Crippen LogP contribution is 2.33. The second-order valence-corrected chi connectivity index (χ2v) is 7.23. The zero-order valence-electron chi connectivity index (χ0n) is 18.7. The molecule has 2 amide bonds. The zero-order valence-corrected chi connectivity index (χ0v) is 18.7. The van der Waals surface area contributed by atoms with Gasteiger partial charge in [0.25, 0.3) is 11.8 Å². The van der Waals surface area contributed by atoms with E-state index in [2.05, 4.69) is 5.32 Å². The molecule has 1 heterocycles. The molecule has 2 aromatic rings. The first kappa shape index (κ1) is 23.9. The maximum Gasteiger partial charge on any atom is 0.308 e. The van der Waals surface area contributed by atoms with Crippen LogP contribution in [0.15, 0.2) is 48.5 Å². The quantitative estimate of drug-likeness (QED) is 0.409. The van der Waals surface area contributed by atoms with Crippen LogP contribution in [0.1, 0.15) is 20.3 Å². The molecular weight excluding hydrogens is 428 g/mol. The lowest BCUT2D eigenvalue weighted by molar-refractivity contribution is -0.148. The number of rotatable bonds is 11. The van der Waals surface area contributed by atoms with Gasteiger partial charge in [0.1, 0.15) is 23.9 Å². The molecule has 1 atom stereocenters. The van der Waals surface area contributed by atoms with Crippen molar-refractivity contribution in [2.75, 3.05) is 37.8 Å². The van der Waals surface area contributed by atoms with E-state index in [1.165, 1.54) is 4.90 Å². The van der Waals surface area contributed by atoms with Gasteiger partial charge in [-0.2, -0.15) is 0 Å². The van der Waals surface area contributed by atoms with Crippen LogP contribution in [0.5, 0.6) is 17.2 Å². The predicted molar refractivity (Wildman–Crippen MR) is 121 cm³/mol. The van der Waals surface area contributed by atoms with Gasteiger partial charge in [-0.15, -0.1) is 0 Å². The first-order chi connectivity index (χ1) is 16.0. The van der Waals surface area contributed by atoms with Crippen molar-refractivity contribution in [2.45, 2.75) is 26.4 Å². The number of carbonyl (C=O) groups is 3. The normalized spacial score (nSPS) is 14.7. The Labute approximate surface area is 192 Å². The van der Waals surface area contributed by atoms with E-state index >= 15 is 0 Å². The zero-order chi connectivity index (χ0) is 23.6. The standard InChI is InChI=1S/C24H28N2O7/c1-3-30-18-8-10-19(11-9-18)31-15-13-25-22(27)16-32-23(28)12-14-26-20-6-4-5-7-21(20)33-17(2)24(26)29/h4-11,17H,3,12-16H2,1-2H3,(H,25,27). The van der Waals surface area contributed by atoms with Gasteiger partial charge >= 0.3 is 5.97 Å². The Kier molecular flexibility index (Phi) is 8.51. The van der Waals surface area contributed by atoms with Crippen LogP contribution in [0.3, 0.4) is 0 Å². The molecule has 0 aromatic heterocycles. The number of fused-ring (bicyclic) bond motifs is 1. The largest absolute Gasteiger partial charge is 0.494 e. The highest BCUT2D eigenvalue weighted by Gasteiger charge is 2.31. The van der Waals surface area contributed by atoms with Gasteiger partial charge in [0.05, 0.1) is 25.3 Å². The molecule has 33 heavy (non-hydrogen) atoms. The molecule has 0 aliphatic carbocycles. The van der Waals surface area contributed by atoms with Crippen LogP contribution in [0.25, 0.3) is 0 Å². The van der Waals surface area contributed by atoms with E-state index in [-0.39, 0.29) is 32.0 Å². The third kappa shape index (κ3) is 6.86. The van der Waals surface area contributed by atoms with Gasteiger partial charge in [0.15, 0.2) is 12.7 Å². The van der Waals surface area contributed by atoms with E-state index in [0.29, 0.717) is 23.8 Å². The molecule has 0 spiro atoms. The summed E-state index contributed by atoms with van der Waals surface area (Å²) in [6.07, 6.45) is -0.674. The Morgan fingerprint density at radius 3 is 2.48 bits per heavy atom. The lowest BCUT2D eigenvalue weighted by atomic mass is 10.2. The molecule has 1 aliphatic heterocycles. The van der Waals surface area contributed by atoms with Gasteiger partial charge in [0.2, 0.25) is 0 Å². The first-order valence-corrected chi connectivity index (χ1v) is 10.8. The number of anilines is 1. The molecule has 2 aromatic carbocycles. The van der Waals surface area contributed by atoms with Crippen LogP contribution in [0.4, 0.5) is 5.69 Å². The van der Waals surface area contributed by atoms with Crippen molar-refractivity contribution in [3.8, 4) is 17.2 Å². The first-order valence-electron chi connectivity index (χ1n) is 10.8. The number of amides is 2. The fourth-order valence-corrected chi connectivity index (χ4v) is 3.22. The minimum absolute atomic E-state index is 0.0407. The Balaban J connectivity index is 1.33. The lowest BCUT2D eigenvalue weighted by Gasteiger charge is -2.32. The van der Waals surface area contributed by atoms with Gasteiger partial charge < -0.3 is 29.2 Å². The highest BCUT2D eigenvalue weighted by atomic mass is 16.5. The molecule has 1 N–H and O–H groups in total. The molecule has 0 saturated heterocycles. The number of para-hydroxylation sites is 2. The molecule has 9 heteroatoms. The smallest absolute Gasteiger partial charge is 0.308 e. The number of carbonyl (C=O) groups excluding carboxylic acids is 3. The highest BCUT2D eigenvalue weighted by molar-refractivity contribution is 6.00. The third-order valence-electron chi connectivity index (χ3n) is 4.81. The fraction of sp³-hybridized carbons (Fsp3) is 0.375. The van der Waals surface area contributed by atoms with Crippen LogP contribution in [-0.4, -0.2) is 56.8 Å². The average molecular weight is 456 g/mol. The maximum atomic E-state index is 12.4. The number of ether oxygens (including phenoxy) is 4. The second-order valence-electron chi connectivity index (χ2n) is 7.23. The van der Waals surface area contributed by atoms with E-state index in [1.54, 1.807) is 49.4 Å². The van der Waals surface area contributed by atoms with Gasteiger partial charge in [0, 0.05) is 6.54 Å². The van der Waals surface area contributed by atoms with Crippen molar-refractivity contribution >= 4 is 23.5 Å². The van der Waals surface area contributed by atoms with Crippen LogP contribution in [0.2, 0.25) is 0 Å². The number of hydrogen-bond acceptors (Lipinski definition) is 7. The van der Waals surface area contributed by atoms with Crippen molar-refractivity contribution in [1.29, 1.82) is 0 Å². The van der Waals surface area contributed by atoms with Crippen molar-refractivity contribution in [3.63, 3.8) is 0 Å².